The lowest BCUT2D eigenvalue weighted by atomic mass is 10.2. The summed E-state index contributed by atoms with van der Waals surface area (Å²) in [5.41, 5.74) is 0.250. The number of ether oxygens (including phenoxy) is 3. The van der Waals surface area contributed by atoms with Crippen LogP contribution in [-0.4, -0.2) is 38.0 Å². The van der Waals surface area contributed by atoms with Crippen LogP contribution in [-0.2, 0) is 9.47 Å². The van der Waals surface area contributed by atoms with Crippen LogP contribution in [0.15, 0.2) is 18.2 Å². The third kappa shape index (κ3) is 3.92. The second kappa shape index (κ2) is 6.86. The molecule has 5 heteroatoms. The van der Waals surface area contributed by atoms with E-state index in [1.54, 1.807) is 7.11 Å². The molecule has 0 aliphatic carbocycles. The molecule has 1 atom stereocenters. The molecule has 0 fully saturated rings. The number of phenolic OH excluding ortho intramolecular Hbond substituents is 1. The quantitative estimate of drug-likeness (QED) is 0.786. The van der Waals surface area contributed by atoms with Crippen molar-refractivity contribution >= 4 is 5.97 Å². The smallest absolute Gasteiger partial charge is 0.338 e. The molecule has 0 aromatic heterocycles. The molecule has 0 aliphatic rings. The summed E-state index contributed by atoms with van der Waals surface area (Å²) < 4.78 is 15.2. The standard InChI is InChI=1S/C13H18O5/c1-4-11(8-16-2)18-12-6-9(13(15)17-3)5-10(14)7-12/h5-7,11,14H,4,8H2,1-3H3. The summed E-state index contributed by atoms with van der Waals surface area (Å²) in [6.07, 6.45) is 0.638. The number of hydrogen-bond acceptors (Lipinski definition) is 5. The first kappa shape index (κ1) is 14.3. The van der Waals surface area contributed by atoms with Crippen LogP contribution in [0.1, 0.15) is 23.7 Å². The van der Waals surface area contributed by atoms with Gasteiger partial charge in [-0.1, -0.05) is 6.92 Å². The Kier molecular flexibility index (Phi) is 5.45. The van der Waals surface area contributed by atoms with E-state index >= 15 is 0 Å². The van der Waals surface area contributed by atoms with Gasteiger partial charge in [0.25, 0.3) is 0 Å². The van der Waals surface area contributed by atoms with Gasteiger partial charge in [-0.05, 0) is 18.6 Å². The molecule has 0 saturated carbocycles. The molecule has 5 nitrogen and oxygen atoms in total. The van der Waals surface area contributed by atoms with Crippen LogP contribution in [0.3, 0.4) is 0 Å². The zero-order valence-electron chi connectivity index (χ0n) is 10.8. The number of carbonyl (C=O) groups excluding carboxylic acids is 1. The Labute approximate surface area is 106 Å². The van der Waals surface area contributed by atoms with Gasteiger partial charge in [0.1, 0.15) is 17.6 Å². The van der Waals surface area contributed by atoms with Gasteiger partial charge in [0.05, 0.1) is 19.3 Å². The van der Waals surface area contributed by atoms with E-state index in [1.165, 1.54) is 25.3 Å². The molecule has 1 aromatic rings. The van der Waals surface area contributed by atoms with Crippen molar-refractivity contribution in [3.63, 3.8) is 0 Å². The molecule has 0 aliphatic heterocycles. The van der Waals surface area contributed by atoms with Crippen LogP contribution in [0.2, 0.25) is 0 Å². The van der Waals surface area contributed by atoms with Gasteiger partial charge in [0.15, 0.2) is 0 Å². The highest BCUT2D eigenvalue weighted by molar-refractivity contribution is 5.90. The van der Waals surface area contributed by atoms with Crippen molar-refractivity contribution in [3.8, 4) is 11.5 Å². The molecule has 100 valence electrons. The maximum Gasteiger partial charge on any atom is 0.338 e. The molecule has 1 N–H and O–H groups in total. The Morgan fingerprint density at radius 3 is 2.61 bits per heavy atom. The zero-order chi connectivity index (χ0) is 13.5. The number of hydrogen-bond donors (Lipinski definition) is 1. The second-order valence-corrected chi connectivity index (χ2v) is 3.81. The van der Waals surface area contributed by atoms with Crippen LogP contribution in [0.5, 0.6) is 11.5 Å². The van der Waals surface area contributed by atoms with Crippen molar-refractivity contribution in [3.05, 3.63) is 23.8 Å². The zero-order valence-corrected chi connectivity index (χ0v) is 10.8. The first-order valence-electron chi connectivity index (χ1n) is 5.68. The Hall–Kier alpha value is -1.75. The van der Waals surface area contributed by atoms with E-state index < -0.39 is 5.97 Å². The van der Waals surface area contributed by atoms with E-state index in [2.05, 4.69) is 4.74 Å². The van der Waals surface area contributed by atoms with Gasteiger partial charge in [-0.2, -0.15) is 0 Å². The van der Waals surface area contributed by atoms with Crippen molar-refractivity contribution in [2.24, 2.45) is 0 Å². The largest absolute Gasteiger partial charge is 0.508 e. The first-order chi connectivity index (χ1) is 8.60. The van der Waals surface area contributed by atoms with Crippen molar-refractivity contribution in [1.29, 1.82) is 0 Å². The molecule has 1 aromatic carbocycles. The van der Waals surface area contributed by atoms with Crippen LogP contribution in [0, 0.1) is 0 Å². The fourth-order valence-corrected chi connectivity index (χ4v) is 1.50. The fraction of sp³-hybridized carbons (Fsp3) is 0.462. The molecule has 0 saturated heterocycles. The lowest BCUT2D eigenvalue weighted by molar-refractivity contribution is 0.0597. The first-order valence-corrected chi connectivity index (χ1v) is 5.68. The predicted octanol–water partition coefficient (Wildman–Crippen LogP) is 1.98. The van der Waals surface area contributed by atoms with Crippen LogP contribution >= 0.6 is 0 Å². The van der Waals surface area contributed by atoms with E-state index in [0.717, 1.165) is 6.42 Å². The molecule has 0 radical (unpaired) electrons. The van der Waals surface area contributed by atoms with Crippen LogP contribution in [0.25, 0.3) is 0 Å². The van der Waals surface area contributed by atoms with E-state index in [1.807, 2.05) is 6.92 Å². The van der Waals surface area contributed by atoms with Gasteiger partial charge in [0.2, 0.25) is 0 Å². The molecule has 1 rings (SSSR count). The normalized spacial score (nSPS) is 11.9. The molecular formula is C13H18O5. The maximum atomic E-state index is 11.4. The Balaban J connectivity index is 2.88. The summed E-state index contributed by atoms with van der Waals surface area (Å²) in [5.74, 6) is -0.144. The van der Waals surface area contributed by atoms with Crippen LogP contribution in [0.4, 0.5) is 0 Å². The highest BCUT2D eigenvalue weighted by atomic mass is 16.5. The average Bonchev–Trinajstić information content (AvgIpc) is 2.36. The number of methoxy groups -OCH3 is 2. The molecule has 0 amide bonds. The predicted molar refractivity (Wildman–Crippen MR) is 66.0 cm³/mol. The Morgan fingerprint density at radius 1 is 1.33 bits per heavy atom. The fourth-order valence-electron chi connectivity index (χ4n) is 1.50. The molecule has 0 heterocycles. The summed E-state index contributed by atoms with van der Waals surface area (Å²) >= 11 is 0. The monoisotopic (exact) mass is 254 g/mol. The molecule has 0 bridgehead atoms. The number of benzene rings is 1. The third-order valence-corrected chi connectivity index (χ3v) is 2.42. The SMILES string of the molecule is CCC(COC)Oc1cc(O)cc(C(=O)OC)c1. The number of esters is 1. The molecule has 1 unspecified atom stereocenters. The molecule has 0 spiro atoms. The van der Waals surface area contributed by atoms with Crippen molar-refractivity contribution < 1.29 is 24.1 Å². The van der Waals surface area contributed by atoms with Gasteiger partial charge in [-0.25, -0.2) is 4.79 Å². The minimum absolute atomic E-state index is 0.0415. The van der Waals surface area contributed by atoms with Gasteiger partial charge in [-0.15, -0.1) is 0 Å². The summed E-state index contributed by atoms with van der Waals surface area (Å²) in [4.78, 5) is 11.4. The van der Waals surface area contributed by atoms with Crippen LogP contribution < -0.4 is 4.74 Å². The minimum atomic E-state index is -0.518. The van der Waals surface area contributed by atoms with E-state index in [0.29, 0.717) is 12.4 Å². The lowest BCUT2D eigenvalue weighted by Crippen LogP contribution is -2.21. The summed E-state index contributed by atoms with van der Waals surface area (Å²) in [6.45, 7) is 2.41. The summed E-state index contributed by atoms with van der Waals surface area (Å²) in [5, 5.41) is 9.53. The average molecular weight is 254 g/mol. The third-order valence-electron chi connectivity index (χ3n) is 2.42. The molecular weight excluding hydrogens is 236 g/mol. The summed E-state index contributed by atoms with van der Waals surface area (Å²) in [7, 11) is 2.88. The van der Waals surface area contributed by atoms with E-state index in [-0.39, 0.29) is 17.4 Å². The van der Waals surface area contributed by atoms with Crippen molar-refractivity contribution in [2.75, 3.05) is 20.8 Å². The van der Waals surface area contributed by atoms with Gasteiger partial charge in [-0.3, -0.25) is 0 Å². The highest BCUT2D eigenvalue weighted by Gasteiger charge is 2.12. The highest BCUT2D eigenvalue weighted by Crippen LogP contribution is 2.23. The van der Waals surface area contributed by atoms with Crippen molar-refractivity contribution in [1.82, 2.24) is 0 Å². The summed E-state index contributed by atoms with van der Waals surface area (Å²) in [6, 6.07) is 4.31. The lowest BCUT2D eigenvalue weighted by Gasteiger charge is -2.17. The van der Waals surface area contributed by atoms with Gasteiger partial charge in [0, 0.05) is 13.2 Å². The second-order valence-electron chi connectivity index (χ2n) is 3.81. The van der Waals surface area contributed by atoms with E-state index in [4.69, 9.17) is 9.47 Å². The Bertz CT molecular complexity index is 402. The van der Waals surface area contributed by atoms with Gasteiger partial charge < -0.3 is 19.3 Å². The van der Waals surface area contributed by atoms with Crippen molar-refractivity contribution in [2.45, 2.75) is 19.4 Å². The molecule has 18 heavy (non-hydrogen) atoms. The minimum Gasteiger partial charge on any atom is -0.508 e. The Morgan fingerprint density at radius 2 is 2.06 bits per heavy atom. The number of rotatable bonds is 6. The van der Waals surface area contributed by atoms with Gasteiger partial charge >= 0.3 is 5.97 Å². The number of aromatic hydroxyl groups is 1. The number of phenols is 1. The topological polar surface area (TPSA) is 65.0 Å². The van der Waals surface area contributed by atoms with E-state index in [9.17, 15) is 9.90 Å². The maximum absolute atomic E-state index is 11.4. The number of carbonyl (C=O) groups is 1.